The summed E-state index contributed by atoms with van der Waals surface area (Å²) in [6.45, 7) is 1.92. The summed E-state index contributed by atoms with van der Waals surface area (Å²) in [7, 11) is 0. The van der Waals surface area contributed by atoms with E-state index >= 15 is 0 Å². The quantitative estimate of drug-likeness (QED) is 0.670. The SMILES string of the molecule is CC/C(=C\C(=O)O)c1cnc(-c2ccc(O)c(C34CC5CC(CC(C5)C3)C4)c2)nc1. The summed E-state index contributed by atoms with van der Waals surface area (Å²) >= 11 is 0. The number of benzene rings is 1. The number of carbonyl (C=O) groups is 1. The molecular formula is C25H28N2O3. The lowest BCUT2D eigenvalue weighted by molar-refractivity contribution is -0.131. The standard InChI is InChI=1S/C25H28N2O3/c1-2-18(9-23(29)30)20-13-26-24(27-14-20)19-3-4-22(28)21(8-19)25-10-15-5-16(11-25)7-17(6-15)12-25/h3-4,8-9,13-17,28H,2,5-7,10-12H2,1H3,(H,29,30)/b18-9+. The number of nitrogens with zero attached hydrogens (tertiary/aromatic N) is 2. The lowest BCUT2D eigenvalue weighted by Crippen LogP contribution is -2.48. The van der Waals surface area contributed by atoms with E-state index in [1.54, 1.807) is 18.5 Å². The number of phenolic OH excluding ortho intramolecular Hbond substituents is 1. The molecule has 4 bridgehead atoms. The molecule has 5 nitrogen and oxygen atoms in total. The molecule has 0 saturated heterocycles. The summed E-state index contributed by atoms with van der Waals surface area (Å²) in [5, 5.41) is 19.8. The predicted molar refractivity (Wildman–Crippen MR) is 115 cm³/mol. The van der Waals surface area contributed by atoms with Crippen molar-refractivity contribution in [2.75, 3.05) is 0 Å². The first-order valence-corrected chi connectivity index (χ1v) is 11.1. The van der Waals surface area contributed by atoms with E-state index < -0.39 is 5.97 Å². The van der Waals surface area contributed by atoms with Crippen LogP contribution in [0.3, 0.4) is 0 Å². The van der Waals surface area contributed by atoms with Crippen LogP contribution in [0.5, 0.6) is 5.75 Å². The van der Waals surface area contributed by atoms with E-state index in [-0.39, 0.29) is 5.41 Å². The van der Waals surface area contributed by atoms with Crippen LogP contribution in [0.2, 0.25) is 0 Å². The van der Waals surface area contributed by atoms with Gasteiger partial charge in [-0.1, -0.05) is 6.92 Å². The largest absolute Gasteiger partial charge is 0.508 e. The zero-order valence-electron chi connectivity index (χ0n) is 17.3. The second-order valence-electron chi connectivity index (χ2n) is 9.59. The van der Waals surface area contributed by atoms with E-state index in [0.717, 1.165) is 34.4 Å². The Bertz CT molecular complexity index is 974. The molecule has 0 unspecified atom stereocenters. The number of aromatic hydroxyl groups is 1. The summed E-state index contributed by atoms with van der Waals surface area (Å²) in [5.74, 6) is 2.47. The third-order valence-corrected chi connectivity index (χ3v) is 7.57. The Morgan fingerprint density at radius 3 is 2.23 bits per heavy atom. The van der Waals surface area contributed by atoms with Crippen LogP contribution in [0.4, 0.5) is 0 Å². The number of aromatic nitrogens is 2. The van der Waals surface area contributed by atoms with Crippen molar-refractivity contribution >= 4 is 11.5 Å². The second kappa shape index (κ2) is 7.22. The molecule has 4 aliphatic carbocycles. The van der Waals surface area contributed by atoms with Gasteiger partial charge in [0, 0.05) is 35.2 Å². The number of carboxylic acid groups (broad SMARTS) is 1. The molecule has 6 rings (SSSR count). The minimum Gasteiger partial charge on any atom is -0.508 e. The smallest absolute Gasteiger partial charge is 0.328 e. The van der Waals surface area contributed by atoms with Crippen molar-refractivity contribution in [1.82, 2.24) is 9.97 Å². The van der Waals surface area contributed by atoms with Crippen LogP contribution in [0.1, 0.15) is 63.0 Å². The third kappa shape index (κ3) is 3.30. The molecule has 4 fully saturated rings. The third-order valence-electron chi connectivity index (χ3n) is 7.57. The van der Waals surface area contributed by atoms with Crippen LogP contribution in [-0.2, 0) is 10.2 Å². The maximum Gasteiger partial charge on any atom is 0.328 e. The van der Waals surface area contributed by atoms with Crippen molar-refractivity contribution in [2.45, 2.75) is 57.3 Å². The number of hydrogen-bond acceptors (Lipinski definition) is 4. The molecule has 1 aromatic heterocycles. The fraction of sp³-hybridized carbons (Fsp3) is 0.480. The Labute approximate surface area is 176 Å². The number of aliphatic carboxylic acids is 1. The average molecular weight is 405 g/mol. The van der Waals surface area contributed by atoms with Gasteiger partial charge in [0.2, 0.25) is 0 Å². The number of rotatable bonds is 5. The van der Waals surface area contributed by atoms with Gasteiger partial charge in [-0.15, -0.1) is 0 Å². The van der Waals surface area contributed by atoms with E-state index in [1.165, 1.54) is 44.6 Å². The minimum absolute atomic E-state index is 0.106. The van der Waals surface area contributed by atoms with Crippen molar-refractivity contribution in [3.05, 3.63) is 47.8 Å². The van der Waals surface area contributed by atoms with Gasteiger partial charge < -0.3 is 10.2 Å². The van der Waals surface area contributed by atoms with E-state index in [9.17, 15) is 9.90 Å². The van der Waals surface area contributed by atoms with Crippen molar-refractivity contribution in [3.63, 3.8) is 0 Å². The zero-order valence-corrected chi connectivity index (χ0v) is 17.3. The lowest BCUT2D eigenvalue weighted by Gasteiger charge is -2.57. The van der Waals surface area contributed by atoms with Gasteiger partial charge in [0.25, 0.3) is 0 Å². The Morgan fingerprint density at radius 1 is 1.10 bits per heavy atom. The fourth-order valence-corrected chi connectivity index (χ4v) is 6.72. The second-order valence-corrected chi connectivity index (χ2v) is 9.59. The van der Waals surface area contributed by atoms with Crippen LogP contribution < -0.4 is 0 Å². The maximum atomic E-state index is 11.0. The lowest BCUT2D eigenvalue weighted by atomic mass is 9.48. The Morgan fingerprint density at radius 2 is 1.70 bits per heavy atom. The Kier molecular flexibility index (Phi) is 4.64. The van der Waals surface area contributed by atoms with Crippen LogP contribution in [0, 0.1) is 17.8 Å². The summed E-state index contributed by atoms with van der Waals surface area (Å²) in [5.41, 5.74) is 3.52. The van der Waals surface area contributed by atoms with Gasteiger partial charge in [0.1, 0.15) is 5.75 Å². The van der Waals surface area contributed by atoms with E-state index in [2.05, 4.69) is 16.0 Å². The molecule has 5 heteroatoms. The molecule has 2 N–H and O–H groups in total. The average Bonchev–Trinajstić information content (AvgIpc) is 2.71. The number of phenols is 1. The van der Waals surface area contributed by atoms with Crippen molar-refractivity contribution in [3.8, 4) is 17.1 Å². The molecule has 4 aliphatic rings. The van der Waals surface area contributed by atoms with Crippen molar-refractivity contribution in [1.29, 1.82) is 0 Å². The van der Waals surface area contributed by atoms with Gasteiger partial charge in [-0.3, -0.25) is 0 Å². The molecule has 0 radical (unpaired) electrons. The van der Waals surface area contributed by atoms with Gasteiger partial charge in [0.15, 0.2) is 5.82 Å². The monoisotopic (exact) mass is 404 g/mol. The van der Waals surface area contributed by atoms with Gasteiger partial charge in [-0.25, -0.2) is 14.8 Å². The molecule has 0 amide bonds. The molecule has 1 heterocycles. The zero-order chi connectivity index (χ0) is 20.9. The summed E-state index contributed by atoms with van der Waals surface area (Å²) < 4.78 is 0. The summed E-state index contributed by atoms with van der Waals surface area (Å²) in [4.78, 5) is 20.1. The first kappa shape index (κ1) is 19.3. The van der Waals surface area contributed by atoms with Crippen molar-refractivity contribution in [2.24, 2.45) is 17.8 Å². The molecular weight excluding hydrogens is 376 g/mol. The number of hydrogen-bond donors (Lipinski definition) is 2. The van der Waals surface area contributed by atoms with Crippen molar-refractivity contribution < 1.29 is 15.0 Å². The highest BCUT2D eigenvalue weighted by atomic mass is 16.4. The molecule has 1 aromatic carbocycles. The normalized spacial score (nSPS) is 29.9. The van der Waals surface area contributed by atoms with Gasteiger partial charge in [-0.2, -0.15) is 0 Å². The molecule has 0 spiro atoms. The minimum atomic E-state index is -0.963. The molecule has 2 aromatic rings. The molecule has 0 atom stereocenters. The highest BCUT2D eigenvalue weighted by Crippen LogP contribution is 2.62. The first-order chi connectivity index (χ1) is 14.5. The topological polar surface area (TPSA) is 83.3 Å². The van der Waals surface area contributed by atoms with Crippen LogP contribution in [0.15, 0.2) is 36.7 Å². The molecule has 0 aliphatic heterocycles. The molecule has 156 valence electrons. The van der Waals surface area contributed by atoms with Crippen LogP contribution in [-0.4, -0.2) is 26.2 Å². The van der Waals surface area contributed by atoms with E-state index in [0.29, 0.717) is 23.6 Å². The van der Waals surface area contributed by atoms with E-state index in [4.69, 9.17) is 5.11 Å². The Hall–Kier alpha value is -2.69. The van der Waals surface area contributed by atoms with Crippen LogP contribution in [0.25, 0.3) is 17.0 Å². The fourth-order valence-electron chi connectivity index (χ4n) is 6.72. The van der Waals surface area contributed by atoms with Gasteiger partial charge >= 0.3 is 5.97 Å². The van der Waals surface area contributed by atoms with Gasteiger partial charge in [0.05, 0.1) is 0 Å². The number of carboxylic acids is 1. The van der Waals surface area contributed by atoms with Crippen LogP contribution >= 0.6 is 0 Å². The molecule has 4 saturated carbocycles. The summed E-state index contributed by atoms with van der Waals surface area (Å²) in [6, 6.07) is 5.77. The number of allylic oxidation sites excluding steroid dienone is 1. The van der Waals surface area contributed by atoms with Gasteiger partial charge in [-0.05, 0) is 91.9 Å². The highest BCUT2D eigenvalue weighted by molar-refractivity contribution is 5.89. The summed E-state index contributed by atoms with van der Waals surface area (Å²) in [6.07, 6.45) is 12.9. The highest BCUT2D eigenvalue weighted by Gasteiger charge is 2.52. The first-order valence-electron chi connectivity index (χ1n) is 11.1. The Balaban J connectivity index is 1.48. The van der Waals surface area contributed by atoms with E-state index in [1.807, 2.05) is 13.0 Å². The predicted octanol–water partition coefficient (Wildman–Crippen LogP) is 5.20. The molecule has 30 heavy (non-hydrogen) atoms. The maximum absolute atomic E-state index is 11.0.